The van der Waals surface area contributed by atoms with Crippen molar-refractivity contribution < 1.29 is 4.39 Å². The fourth-order valence-corrected chi connectivity index (χ4v) is 4.01. The molecule has 3 aromatic rings. The zero-order valence-electron chi connectivity index (χ0n) is 14.1. The summed E-state index contributed by atoms with van der Waals surface area (Å²) in [5.41, 5.74) is 3.58. The molecule has 3 nitrogen and oxygen atoms in total. The van der Waals surface area contributed by atoms with Crippen molar-refractivity contribution in [2.24, 2.45) is 0 Å². The summed E-state index contributed by atoms with van der Waals surface area (Å²) in [5.74, 6) is 0. The highest BCUT2D eigenvalue weighted by Crippen LogP contribution is 2.32. The molecule has 2 heterocycles. The van der Waals surface area contributed by atoms with Crippen molar-refractivity contribution >= 4 is 21.8 Å². The highest BCUT2D eigenvalue weighted by Gasteiger charge is 2.23. The molecule has 0 spiro atoms. The molecule has 0 aliphatic carbocycles. The second-order valence-corrected chi connectivity index (χ2v) is 6.49. The predicted molar refractivity (Wildman–Crippen MR) is 98.3 cm³/mol. The van der Waals surface area contributed by atoms with E-state index in [-0.39, 0.29) is 12.7 Å². The van der Waals surface area contributed by atoms with Crippen LogP contribution in [0.3, 0.4) is 0 Å². The summed E-state index contributed by atoms with van der Waals surface area (Å²) in [6.45, 7) is 6.46. The number of fused-ring (bicyclic) bond motifs is 3. The highest BCUT2D eigenvalue weighted by molar-refractivity contribution is 6.08. The average Bonchev–Trinajstić information content (AvgIpc) is 2.96. The molecule has 0 radical (unpaired) electrons. The van der Waals surface area contributed by atoms with Crippen LogP contribution in [0.15, 0.2) is 42.5 Å². The Hall–Kier alpha value is -1.91. The van der Waals surface area contributed by atoms with Gasteiger partial charge in [-0.05, 0) is 30.7 Å². The lowest BCUT2D eigenvalue weighted by atomic mass is 10.0. The Bertz CT molecular complexity index is 849. The molecule has 1 aliphatic heterocycles. The Balaban J connectivity index is 1.83. The first-order chi connectivity index (χ1) is 11.8. The number of nitrogens with one attached hydrogen (secondary N) is 1. The quantitative estimate of drug-likeness (QED) is 0.789. The molecular formula is C20H24FN3. The number of alkyl halides is 1. The van der Waals surface area contributed by atoms with Gasteiger partial charge in [-0.2, -0.15) is 0 Å². The minimum absolute atomic E-state index is 0.139. The van der Waals surface area contributed by atoms with Gasteiger partial charge in [0.05, 0.1) is 6.04 Å². The molecule has 1 saturated heterocycles. The van der Waals surface area contributed by atoms with Crippen LogP contribution >= 0.6 is 0 Å². The number of piperazine rings is 1. The first-order valence-corrected chi connectivity index (χ1v) is 8.85. The molecule has 126 valence electrons. The first-order valence-electron chi connectivity index (χ1n) is 8.85. The van der Waals surface area contributed by atoms with Gasteiger partial charge in [0.25, 0.3) is 0 Å². The summed E-state index contributed by atoms with van der Waals surface area (Å²) in [5, 5.41) is 5.84. The number of benzene rings is 2. The van der Waals surface area contributed by atoms with Gasteiger partial charge in [-0.3, -0.25) is 4.90 Å². The van der Waals surface area contributed by atoms with Gasteiger partial charge in [0, 0.05) is 54.5 Å². The first kappa shape index (κ1) is 15.6. The van der Waals surface area contributed by atoms with Gasteiger partial charge in [0.15, 0.2) is 0 Å². The number of para-hydroxylation sites is 1. The third kappa shape index (κ3) is 2.50. The molecule has 4 heteroatoms. The van der Waals surface area contributed by atoms with Crippen molar-refractivity contribution in [3.63, 3.8) is 0 Å². The number of hydrogen-bond donors (Lipinski definition) is 1. The fourth-order valence-electron chi connectivity index (χ4n) is 4.01. The molecular weight excluding hydrogens is 301 g/mol. The molecule has 0 amide bonds. The molecule has 24 heavy (non-hydrogen) atoms. The molecule has 4 rings (SSSR count). The third-order valence-electron chi connectivity index (χ3n) is 5.24. The van der Waals surface area contributed by atoms with Crippen LogP contribution in [0, 0.1) is 0 Å². The summed E-state index contributed by atoms with van der Waals surface area (Å²) in [6.07, 6.45) is 0. The Labute approximate surface area is 142 Å². The van der Waals surface area contributed by atoms with Crippen LogP contribution in [-0.2, 0) is 6.54 Å². The summed E-state index contributed by atoms with van der Waals surface area (Å²) in [7, 11) is 0. The van der Waals surface area contributed by atoms with Crippen LogP contribution in [0.25, 0.3) is 21.8 Å². The minimum Gasteiger partial charge on any atom is -0.341 e. The van der Waals surface area contributed by atoms with Crippen molar-refractivity contribution in [3.8, 4) is 0 Å². The van der Waals surface area contributed by atoms with Crippen molar-refractivity contribution in [2.45, 2.75) is 19.5 Å². The SMILES string of the molecule is CCn1c2ccccc2c2cc([C@H](CF)N3CCNCC3)ccc21. The molecule has 0 bridgehead atoms. The van der Waals surface area contributed by atoms with E-state index in [0.29, 0.717) is 0 Å². The van der Waals surface area contributed by atoms with Crippen LogP contribution in [0.2, 0.25) is 0 Å². The average molecular weight is 325 g/mol. The Morgan fingerprint density at radius 2 is 1.79 bits per heavy atom. The highest BCUT2D eigenvalue weighted by atomic mass is 19.1. The smallest absolute Gasteiger partial charge is 0.109 e. The number of halogens is 1. The van der Waals surface area contributed by atoms with Gasteiger partial charge in [0.1, 0.15) is 6.67 Å². The van der Waals surface area contributed by atoms with E-state index < -0.39 is 0 Å². The zero-order chi connectivity index (χ0) is 16.5. The minimum atomic E-state index is -0.335. The van der Waals surface area contributed by atoms with Crippen LogP contribution in [-0.4, -0.2) is 42.3 Å². The fraction of sp³-hybridized carbons (Fsp3) is 0.400. The van der Waals surface area contributed by atoms with Gasteiger partial charge in [-0.15, -0.1) is 0 Å². The lowest BCUT2D eigenvalue weighted by Crippen LogP contribution is -2.45. The van der Waals surface area contributed by atoms with Gasteiger partial charge in [-0.25, -0.2) is 4.39 Å². The van der Waals surface area contributed by atoms with Gasteiger partial charge in [0.2, 0.25) is 0 Å². The normalized spacial score (nSPS) is 17.6. The van der Waals surface area contributed by atoms with Gasteiger partial charge >= 0.3 is 0 Å². The lowest BCUT2D eigenvalue weighted by Gasteiger charge is -2.33. The Kier molecular flexibility index (Phi) is 4.25. The van der Waals surface area contributed by atoms with E-state index in [4.69, 9.17) is 0 Å². The van der Waals surface area contributed by atoms with E-state index in [1.54, 1.807) is 0 Å². The maximum Gasteiger partial charge on any atom is 0.109 e. The van der Waals surface area contributed by atoms with E-state index >= 15 is 0 Å². The zero-order valence-corrected chi connectivity index (χ0v) is 14.1. The second kappa shape index (κ2) is 6.54. The molecule has 1 fully saturated rings. The molecule has 0 saturated carbocycles. The molecule has 1 N–H and O–H groups in total. The summed E-state index contributed by atoms with van der Waals surface area (Å²) in [4.78, 5) is 2.26. The number of nitrogens with zero attached hydrogens (tertiary/aromatic N) is 2. The maximum absolute atomic E-state index is 13.8. The van der Waals surface area contributed by atoms with E-state index in [2.05, 4.69) is 64.2 Å². The third-order valence-corrected chi connectivity index (χ3v) is 5.24. The summed E-state index contributed by atoms with van der Waals surface area (Å²) >= 11 is 0. The van der Waals surface area contributed by atoms with Crippen LogP contribution in [0.4, 0.5) is 4.39 Å². The topological polar surface area (TPSA) is 20.2 Å². The standard InChI is InChI=1S/C20H24FN3/c1-2-24-18-6-4-3-5-16(18)17-13-15(7-8-19(17)24)20(14-21)23-11-9-22-10-12-23/h3-8,13,20,22H,2,9-12,14H2,1H3/t20-/m0/s1. The number of rotatable bonds is 4. The maximum atomic E-state index is 13.8. The Morgan fingerprint density at radius 3 is 2.54 bits per heavy atom. The molecule has 1 aromatic heterocycles. The van der Waals surface area contributed by atoms with Crippen molar-refractivity contribution in [1.82, 2.24) is 14.8 Å². The molecule has 2 aromatic carbocycles. The van der Waals surface area contributed by atoms with E-state index in [9.17, 15) is 4.39 Å². The van der Waals surface area contributed by atoms with E-state index in [1.807, 2.05) is 0 Å². The lowest BCUT2D eigenvalue weighted by molar-refractivity contribution is 0.147. The van der Waals surface area contributed by atoms with Gasteiger partial charge in [-0.1, -0.05) is 24.3 Å². The number of aromatic nitrogens is 1. The van der Waals surface area contributed by atoms with E-state index in [0.717, 1.165) is 38.3 Å². The summed E-state index contributed by atoms with van der Waals surface area (Å²) in [6, 6.07) is 14.8. The molecule has 1 aliphatic rings. The predicted octanol–water partition coefficient (Wildman–Crippen LogP) is 3.73. The monoisotopic (exact) mass is 325 g/mol. The van der Waals surface area contributed by atoms with Crippen LogP contribution < -0.4 is 5.32 Å². The second-order valence-electron chi connectivity index (χ2n) is 6.49. The van der Waals surface area contributed by atoms with Crippen LogP contribution in [0.5, 0.6) is 0 Å². The van der Waals surface area contributed by atoms with Crippen molar-refractivity contribution in [1.29, 1.82) is 0 Å². The largest absolute Gasteiger partial charge is 0.341 e. The van der Waals surface area contributed by atoms with Crippen LogP contribution in [0.1, 0.15) is 18.5 Å². The number of aryl methyl sites for hydroxylation is 1. The van der Waals surface area contributed by atoms with Crippen molar-refractivity contribution in [3.05, 3.63) is 48.0 Å². The van der Waals surface area contributed by atoms with Gasteiger partial charge < -0.3 is 9.88 Å². The van der Waals surface area contributed by atoms with Crippen molar-refractivity contribution in [2.75, 3.05) is 32.9 Å². The van der Waals surface area contributed by atoms with E-state index in [1.165, 1.54) is 21.8 Å². The molecule has 0 unspecified atom stereocenters. The number of hydrogen-bond acceptors (Lipinski definition) is 2. The summed E-state index contributed by atoms with van der Waals surface area (Å²) < 4.78 is 16.2. The Morgan fingerprint density at radius 1 is 1.04 bits per heavy atom. The molecule has 1 atom stereocenters.